The molecule has 2 amide bonds. The second-order valence-electron chi connectivity index (χ2n) is 10.7. The average Bonchev–Trinajstić information content (AvgIpc) is 2.98. The first-order chi connectivity index (χ1) is 20.5. The lowest BCUT2D eigenvalue weighted by atomic mass is 10.0. The fraction of sp³-hybridized carbons (Fsp3) is 0.235. The Morgan fingerprint density at radius 1 is 0.814 bits per heavy atom. The molecule has 4 rings (SSSR count). The van der Waals surface area contributed by atoms with Crippen LogP contribution in [0.5, 0.6) is 0 Å². The van der Waals surface area contributed by atoms with E-state index in [2.05, 4.69) is 5.32 Å². The van der Waals surface area contributed by atoms with E-state index >= 15 is 0 Å². The number of carbonyl (C=O) groups excluding carboxylic acids is 2. The number of nitrogens with one attached hydrogen (secondary N) is 1. The number of aryl methyl sites for hydroxylation is 1. The van der Waals surface area contributed by atoms with Crippen molar-refractivity contribution in [3.05, 3.63) is 131 Å². The third-order valence-corrected chi connectivity index (χ3v) is 8.90. The van der Waals surface area contributed by atoms with E-state index in [0.29, 0.717) is 5.02 Å². The Morgan fingerprint density at radius 2 is 1.42 bits per heavy atom. The molecule has 43 heavy (non-hydrogen) atoms. The Kier molecular flexibility index (Phi) is 10.6. The van der Waals surface area contributed by atoms with Crippen LogP contribution >= 0.6 is 11.6 Å². The van der Waals surface area contributed by atoms with E-state index in [1.165, 1.54) is 23.1 Å². The SMILES string of the molecule is Cc1ccc(S(=O)(=O)N(CC(=O)N(Cc2ccccc2)C(Cc2ccccc2)C(=O)NC(C)C)c2cccc(Cl)c2)cc1. The molecular weight excluding hydrogens is 582 g/mol. The van der Waals surface area contributed by atoms with Gasteiger partial charge in [-0.05, 0) is 62.2 Å². The van der Waals surface area contributed by atoms with E-state index in [1.54, 1.807) is 30.3 Å². The van der Waals surface area contributed by atoms with E-state index in [9.17, 15) is 18.0 Å². The summed E-state index contributed by atoms with van der Waals surface area (Å²) in [5.41, 5.74) is 2.82. The Morgan fingerprint density at radius 3 is 2.00 bits per heavy atom. The zero-order valence-corrected chi connectivity index (χ0v) is 26.1. The van der Waals surface area contributed by atoms with Crippen molar-refractivity contribution in [2.75, 3.05) is 10.8 Å². The highest BCUT2D eigenvalue weighted by atomic mass is 35.5. The largest absolute Gasteiger partial charge is 0.352 e. The maximum Gasteiger partial charge on any atom is 0.264 e. The molecule has 7 nitrogen and oxygen atoms in total. The minimum absolute atomic E-state index is 0.0406. The average molecular weight is 618 g/mol. The zero-order valence-electron chi connectivity index (χ0n) is 24.5. The molecule has 0 aromatic heterocycles. The van der Waals surface area contributed by atoms with Gasteiger partial charge in [-0.1, -0.05) is 96.0 Å². The number of halogens is 1. The third-order valence-electron chi connectivity index (χ3n) is 6.88. The fourth-order valence-corrected chi connectivity index (χ4v) is 6.30. The van der Waals surface area contributed by atoms with Crippen LogP contribution in [0.1, 0.15) is 30.5 Å². The van der Waals surface area contributed by atoms with Crippen LogP contribution in [0.15, 0.2) is 114 Å². The van der Waals surface area contributed by atoms with E-state index in [-0.39, 0.29) is 35.5 Å². The lowest BCUT2D eigenvalue weighted by molar-refractivity contribution is -0.140. The van der Waals surface area contributed by atoms with Gasteiger partial charge in [-0.15, -0.1) is 0 Å². The van der Waals surface area contributed by atoms with Crippen LogP contribution in [0.3, 0.4) is 0 Å². The lowest BCUT2D eigenvalue weighted by Crippen LogP contribution is -2.54. The van der Waals surface area contributed by atoms with Crippen LogP contribution in [0.4, 0.5) is 5.69 Å². The summed E-state index contributed by atoms with van der Waals surface area (Å²) in [4.78, 5) is 29.6. The van der Waals surface area contributed by atoms with Crippen molar-refractivity contribution >= 4 is 39.1 Å². The van der Waals surface area contributed by atoms with Gasteiger partial charge >= 0.3 is 0 Å². The normalized spacial score (nSPS) is 12.0. The monoisotopic (exact) mass is 617 g/mol. The van der Waals surface area contributed by atoms with Crippen molar-refractivity contribution in [2.24, 2.45) is 0 Å². The Labute approximate surface area is 259 Å². The molecular formula is C34H36ClN3O4S. The molecule has 0 radical (unpaired) electrons. The highest BCUT2D eigenvalue weighted by Crippen LogP contribution is 2.27. The molecule has 0 saturated carbocycles. The number of hydrogen-bond donors (Lipinski definition) is 1. The fourth-order valence-electron chi connectivity index (χ4n) is 4.71. The minimum Gasteiger partial charge on any atom is -0.352 e. The van der Waals surface area contributed by atoms with Gasteiger partial charge in [0.2, 0.25) is 11.8 Å². The number of hydrogen-bond acceptors (Lipinski definition) is 4. The topological polar surface area (TPSA) is 86.8 Å². The van der Waals surface area contributed by atoms with Crippen LogP contribution in [-0.4, -0.2) is 43.8 Å². The van der Waals surface area contributed by atoms with Gasteiger partial charge in [-0.25, -0.2) is 8.42 Å². The first kappa shape index (κ1) is 31.8. The van der Waals surface area contributed by atoms with Crippen molar-refractivity contribution in [2.45, 2.75) is 50.7 Å². The summed E-state index contributed by atoms with van der Waals surface area (Å²) in [6.07, 6.45) is 0.250. The smallest absolute Gasteiger partial charge is 0.264 e. The molecule has 224 valence electrons. The van der Waals surface area contributed by atoms with Gasteiger partial charge in [0.15, 0.2) is 0 Å². The van der Waals surface area contributed by atoms with Crippen LogP contribution < -0.4 is 9.62 Å². The summed E-state index contributed by atoms with van der Waals surface area (Å²) < 4.78 is 29.1. The van der Waals surface area contributed by atoms with Crippen molar-refractivity contribution in [3.63, 3.8) is 0 Å². The highest BCUT2D eigenvalue weighted by molar-refractivity contribution is 7.92. The summed E-state index contributed by atoms with van der Waals surface area (Å²) in [6, 6.07) is 30.6. The van der Waals surface area contributed by atoms with Crippen LogP contribution in [-0.2, 0) is 32.6 Å². The second-order valence-corrected chi connectivity index (χ2v) is 13.0. The number of rotatable bonds is 12. The first-order valence-corrected chi connectivity index (χ1v) is 15.9. The Balaban J connectivity index is 1.79. The van der Waals surface area contributed by atoms with Crippen molar-refractivity contribution in [1.29, 1.82) is 0 Å². The van der Waals surface area contributed by atoms with Gasteiger partial charge in [-0.2, -0.15) is 0 Å². The van der Waals surface area contributed by atoms with Crippen LogP contribution in [0.25, 0.3) is 0 Å². The van der Waals surface area contributed by atoms with E-state index in [0.717, 1.165) is 21.0 Å². The van der Waals surface area contributed by atoms with Gasteiger partial charge in [0, 0.05) is 24.0 Å². The first-order valence-electron chi connectivity index (χ1n) is 14.1. The molecule has 0 aliphatic carbocycles. The highest BCUT2D eigenvalue weighted by Gasteiger charge is 2.34. The summed E-state index contributed by atoms with van der Waals surface area (Å²) in [5, 5.41) is 3.28. The van der Waals surface area contributed by atoms with E-state index in [4.69, 9.17) is 11.6 Å². The van der Waals surface area contributed by atoms with Gasteiger partial charge < -0.3 is 10.2 Å². The van der Waals surface area contributed by atoms with Crippen LogP contribution in [0, 0.1) is 6.92 Å². The van der Waals surface area contributed by atoms with Crippen molar-refractivity contribution in [3.8, 4) is 0 Å². The molecule has 4 aromatic carbocycles. The summed E-state index contributed by atoms with van der Waals surface area (Å²) in [5.74, 6) is -0.849. The molecule has 9 heteroatoms. The van der Waals surface area contributed by atoms with Gasteiger partial charge in [0.05, 0.1) is 10.6 Å². The zero-order chi connectivity index (χ0) is 31.0. The van der Waals surface area contributed by atoms with E-state index < -0.39 is 28.5 Å². The summed E-state index contributed by atoms with van der Waals surface area (Å²) in [6.45, 7) is 5.15. The van der Waals surface area contributed by atoms with Crippen molar-refractivity contribution in [1.82, 2.24) is 10.2 Å². The predicted molar refractivity (Wildman–Crippen MR) is 171 cm³/mol. The number of sulfonamides is 1. The number of amides is 2. The summed E-state index contributed by atoms with van der Waals surface area (Å²) in [7, 11) is -4.19. The number of anilines is 1. The predicted octanol–water partition coefficient (Wildman–Crippen LogP) is 6.01. The van der Waals surface area contributed by atoms with E-state index in [1.807, 2.05) is 81.4 Å². The summed E-state index contributed by atoms with van der Waals surface area (Å²) >= 11 is 6.27. The molecule has 0 spiro atoms. The van der Waals surface area contributed by atoms with Gasteiger partial charge in [0.25, 0.3) is 10.0 Å². The van der Waals surface area contributed by atoms with Crippen molar-refractivity contribution < 1.29 is 18.0 Å². The molecule has 1 atom stereocenters. The van der Waals surface area contributed by atoms with Gasteiger partial charge in [-0.3, -0.25) is 13.9 Å². The second kappa shape index (κ2) is 14.4. The number of benzene rings is 4. The molecule has 0 aliphatic heterocycles. The third kappa shape index (κ3) is 8.46. The molecule has 0 bridgehead atoms. The quantitative estimate of drug-likeness (QED) is 0.211. The molecule has 0 saturated heterocycles. The van der Waals surface area contributed by atoms with Crippen LogP contribution in [0.2, 0.25) is 5.02 Å². The molecule has 0 aliphatic rings. The maximum atomic E-state index is 14.4. The standard InChI is InChI=1S/C34H36ClN3O4S/c1-25(2)36-34(40)32(21-27-11-6-4-7-12-27)37(23-28-13-8-5-9-14-28)33(39)24-38(30-16-10-15-29(35)22-30)43(41,42)31-19-17-26(3)18-20-31/h4-20,22,25,32H,21,23-24H2,1-3H3,(H,36,40). The molecule has 4 aromatic rings. The Hall–Kier alpha value is -4.14. The van der Waals surface area contributed by atoms with Gasteiger partial charge in [0.1, 0.15) is 12.6 Å². The molecule has 1 N–H and O–H groups in total. The lowest BCUT2D eigenvalue weighted by Gasteiger charge is -2.34. The number of carbonyl (C=O) groups is 2. The maximum absolute atomic E-state index is 14.4. The molecule has 0 heterocycles. The Bertz CT molecular complexity index is 1630. The molecule has 0 fully saturated rings. The molecule has 1 unspecified atom stereocenters. The minimum atomic E-state index is -4.19. The number of nitrogens with zero attached hydrogens (tertiary/aromatic N) is 2.